The number of hydrogen-bond acceptors (Lipinski definition) is 5. The van der Waals surface area contributed by atoms with Gasteiger partial charge in [-0.05, 0) is 47.4 Å². The Hall–Kier alpha value is -3.03. The van der Waals surface area contributed by atoms with Crippen LogP contribution in [0.4, 0.5) is 30.7 Å². The standard InChI is InChI=1S/C20H17F7N6O/c21-13-1-2-14(15(22)3-13)18(34,9-33-11-28-30-31-33)20(26,27)17-6-16(7-17,8-17)12-4-29-32(5-12)10-19(23,24)25/h1-5,11,34H,6-10H2/t16?,17?,18-/m1/s1. The number of hydrogen-bond donors (Lipinski definition) is 1. The first-order valence-electron chi connectivity index (χ1n) is 10.2. The highest BCUT2D eigenvalue weighted by atomic mass is 19.4. The van der Waals surface area contributed by atoms with Crippen molar-refractivity contribution in [2.75, 3.05) is 0 Å². The fraction of sp³-hybridized carbons (Fsp3) is 0.500. The Kier molecular flexibility index (Phi) is 4.68. The summed E-state index contributed by atoms with van der Waals surface area (Å²) in [7, 11) is 0. The molecule has 0 spiro atoms. The van der Waals surface area contributed by atoms with Gasteiger partial charge in [0, 0.05) is 28.7 Å². The molecule has 0 unspecified atom stereocenters. The smallest absolute Gasteiger partial charge is 0.377 e. The summed E-state index contributed by atoms with van der Waals surface area (Å²) in [6.45, 7) is -2.21. The molecule has 1 N–H and O–H groups in total. The number of benzene rings is 1. The van der Waals surface area contributed by atoms with Crippen molar-refractivity contribution in [3.05, 3.63) is 59.7 Å². The predicted molar refractivity (Wildman–Crippen MR) is 99.3 cm³/mol. The lowest BCUT2D eigenvalue weighted by atomic mass is 9.31. The molecule has 1 aromatic carbocycles. The van der Waals surface area contributed by atoms with Crippen LogP contribution in [0.3, 0.4) is 0 Å². The number of aromatic nitrogens is 6. The summed E-state index contributed by atoms with van der Waals surface area (Å²) in [5.41, 5.74) is -6.10. The van der Waals surface area contributed by atoms with Crippen LogP contribution < -0.4 is 0 Å². The highest BCUT2D eigenvalue weighted by molar-refractivity contribution is 5.41. The average molecular weight is 490 g/mol. The van der Waals surface area contributed by atoms with Crippen molar-refractivity contribution < 1.29 is 35.8 Å². The first kappa shape index (κ1) is 22.7. The molecule has 2 bridgehead atoms. The Morgan fingerprint density at radius 2 is 1.71 bits per heavy atom. The van der Waals surface area contributed by atoms with Crippen LogP contribution in [0.5, 0.6) is 0 Å². The number of halogens is 7. The largest absolute Gasteiger partial charge is 0.408 e. The van der Waals surface area contributed by atoms with Crippen LogP contribution in [-0.4, -0.2) is 47.2 Å². The summed E-state index contributed by atoms with van der Waals surface area (Å²) in [5.74, 6) is -6.28. The van der Waals surface area contributed by atoms with E-state index in [9.17, 15) is 27.1 Å². The molecule has 3 aliphatic rings. The van der Waals surface area contributed by atoms with Gasteiger partial charge >= 0.3 is 6.18 Å². The third-order valence-corrected chi connectivity index (χ3v) is 6.96. The number of aliphatic hydroxyl groups is 1. The van der Waals surface area contributed by atoms with E-state index in [0.717, 1.165) is 23.1 Å². The molecule has 7 nitrogen and oxygen atoms in total. The molecule has 34 heavy (non-hydrogen) atoms. The average Bonchev–Trinajstić information content (AvgIpc) is 3.30. The molecule has 0 amide bonds. The molecular weight excluding hydrogens is 473 g/mol. The van der Waals surface area contributed by atoms with Gasteiger partial charge in [0.05, 0.1) is 12.7 Å². The van der Waals surface area contributed by atoms with Gasteiger partial charge < -0.3 is 5.11 Å². The molecule has 3 fully saturated rings. The Morgan fingerprint density at radius 3 is 2.29 bits per heavy atom. The third-order valence-electron chi connectivity index (χ3n) is 6.96. The highest BCUT2D eigenvalue weighted by Crippen LogP contribution is 2.80. The highest BCUT2D eigenvalue weighted by Gasteiger charge is 2.82. The quantitative estimate of drug-likeness (QED) is 0.514. The summed E-state index contributed by atoms with van der Waals surface area (Å²) in [6, 6.07) is 1.91. The van der Waals surface area contributed by atoms with Crippen LogP contribution in [0.15, 0.2) is 36.9 Å². The van der Waals surface area contributed by atoms with Crippen molar-refractivity contribution in [2.45, 2.75) is 55.5 Å². The Bertz CT molecular complexity index is 1200. The van der Waals surface area contributed by atoms with Crippen molar-refractivity contribution in [3.8, 4) is 0 Å². The molecule has 2 aromatic heterocycles. The molecule has 6 rings (SSSR count). The van der Waals surface area contributed by atoms with Crippen molar-refractivity contribution >= 4 is 0 Å². The number of alkyl halides is 5. The minimum Gasteiger partial charge on any atom is -0.377 e. The van der Waals surface area contributed by atoms with Gasteiger partial charge in [-0.1, -0.05) is 0 Å². The number of tetrazole rings is 1. The van der Waals surface area contributed by atoms with Gasteiger partial charge in [-0.25, -0.2) is 22.2 Å². The monoisotopic (exact) mass is 490 g/mol. The predicted octanol–water partition coefficient (Wildman–Crippen LogP) is 3.36. The lowest BCUT2D eigenvalue weighted by Crippen LogP contribution is -2.76. The summed E-state index contributed by atoms with van der Waals surface area (Å²) < 4.78 is 99.5. The van der Waals surface area contributed by atoms with Crippen LogP contribution >= 0.6 is 0 Å². The van der Waals surface area contributed by atoms with Gasteiger partial charge in [-0.3, -0.25) is 4.68 Å². The first-order valence-corrected chi connectivity index (χ1v) is 10.2. The van der Waals surface area contributed by atoms with E-state index in [2.05, 4.69) is 20.6 Å². The molecule has 3 aliphatic carbocycles. The van der Waals surface area contributed by atoms with Crippen molar-refractivity contribution in [2.24, 2.45) is 5.41 Å². The van der Waals surface area contributed by atoms with Crippen molar-refractivity contribution in [3.63, 3.8) is 0 Å². The van der Waals surface area contributed by atoms with E-state index in [0.29, 0.717) is 16.3 Å². The molecule has 182 valence electrons. The molecule has 0 radical (unpaired) electrons. The van der Waals surface area contributed by atoms with Crippen molar-refractivity contribution in [1.29, 1.82) is 0 Å². The number of nitrogens with zero attached hydrogens (tertiary/aromatic N) is 6. The zero-order chi connectivity index (χ0) is 24.6. The lowest BCUT2D eigenvalue weighted by molar-refractivity contribution is -0.347. The molecule has 1 atom stereocenters. The first-order chi connectivity index (χ1) is 15.8. The molecule has 0 saturated heterocycles. The summed E-state index contributed by atoms with van der Waals surface area (Å²) in [6.07, 6.45) is -1.55. The zero-order valence-corrected chi connectivity index (χ0v) is 17.3. The normalized spacial score (nSPS) is 26.0. The minimum absolute atomic E-state index is 0.147. The van der Waals surface area contributed by atoms with E-state index in [1.54, 1.807) is 0 Å². The van der Waals surface area contributed by atoms with E-state index in [-0.39, 0.29) is 19.3 Å². The molecular formula is C20H17F7N6O. The van der Waals surface area contributed by atoms with Gasteiger partial charge in [0.15, 0.2) is 5.60 Å². The van der Waals surface area contributed by atoms with Gasteiger partial charge in [-0.15, -0.1) is 5.10 Å². The van der Waals surface area contributed by atoms with Gasteiger partial charge in [-0.2, -0.15) is 18.3 Å². The second kappa shape index (κ2) is 6.99. The van der Waals surface area contributed by atoms with Crippen LogP contribution in [0.2, 0.25) is 0 Å². The van der Waals surface area contributed by atoms with Gasteiger partial charge in [0.25, 0.3) is 5.92 Å². The van der Waals surface area contributed by atoms with Gasteiger partial charge in [0.1, 0.15) is 24.5 Å². The molecule has 14 heteroatoms. The van der Waals surface area contributed by atoms with E-state index in [1.165, 1.54) is 12.4 Å². The van der Waals surface area contributed by atoms with Crippen LogP contribution in [0, 0.1) is 17.0 Å². The van der Waals surface area contributed by atoms with Crippen LogP contribution in [0.1, 0.15) is 30.4 Å². The second-order valence-electron chi connectivity index (χ2n) is 9.20. The van der Waals surface area contributed by atoms with E-state index >= 15 is 8.78 Å². The maximum Gasteiger partial charge on any atom is 0.408 e. The fourth-order valence-electron chi connectivity index (χ4n) is 5.44. The van der Waals surface area contributed by atoms with Gasteiger partial charge in [0.2, 0.25) is 0 Å². The van der Waals surface area contributed by atoms with E-state index in [4.69, 9.17) is 0 Å². The Morgan fingerprint density at radius 1 is 1.00 bits per heavy atom. The van der Waals surface area contributed by atoms with Crippen molar-refractivity contribution in [1.82, 2.24) is 30.0 Å². The van der Waals surface area contributed by atoms with E-state index < -0.39 is 58.8 Å². The summed E-state index contributed by atoms with van der Waals surface area (Å²) in [4.78, 5) is 0. The second-order valence-corrected chi connectivity index (χ2v) is 9.20. The molecule has 0 aliphatic heterocycles. The van der Waals surface area contributed by atoms with E-state index in [1.807, 2.05) is 0 Å². The van der Waals surface area contributed by atoms with Crippen LogP contribution in [-0.2, 0) is 24.1 Å². The third kappa shape index (κ3) is 3.21. The summed E-state index contributed by atoms with van der Waals surface area (Å²) in [5, 5.41) is 25.1. The number of rotatable bonds is 7. The molecule has 2 heterocycles. The fourth-order valence-corrected chi connectivity index (χ4v) is 5.44. The topological polar surface area (TPSA) is 81.7 Å². The summed E-state index contributed by atoms with van der Waals surface area (Å²) >= 11 is 0. The Balaban J connectivity index is 1.45. The SMILES string of the molecule is O[C@](Cn1cnnn1)(c1ccc(F)cc1F)C(F)(F)C12CC(c3cnn(CC(F)(F)F)c3)(C1)C2. The van der Waals surface area contributed by atoms with Crippen LogP contribution in [0.25, 0.3) is 0 Å². The minimum atomic E-state index is -4.48. The molecule has 3 aromatic rings. The lowest BCUT2D eigenvalue weighted by Gasteiger charge is -2.73. The zero-order valence-electron chi connectivity index (χ0n) is 17.3. The maximum atomic E-state index is 16.0. The maximum absolute atomic E-state index is 16.0. The Labute approximate surface area is 187 Å². The molecule has 3 saturated carbocycles.